The van der Waals surface area contributed by atoms with Crippen LogP contribution >= 0.6 is 0 Å². The summed E-state index contributed by atoms with van der Waals surface area (Å²) >= 11 is 0. The third kappa shape index (κ3) is 3.48. The van der Waals surface area contributed by atoms with Crippen LogP contribution in [0, 0.1) is 5.82 Å². The summed E-state index contributed by atoms with van der Waals surface area (Å²) in [6, 6.07) is 11.1. The number of fused-ring (bicyclic) bond motifs is 1. The van der Waals surface area contributed by atoms with E-state index in [0.29, 0.717) is 30.9 Å². The van der Waals surface area contributed by atoms with Gasteiger partial charge in [-0.1, -0.05) is 18.2 Å². The maximum atomic E-state index is 15.1. The molecule has 0 bridgehead atoms. The van der Waals surface area contributed by atoms with E-state index in [0.717, 1.165) is 70.8 Å². The molecular formula is C29H29FN6O2. The molecule has 0 atom stereocenters. The van der Waals surface area contributed by atoms with Crippen LogP contribution in [-0.2, 0) is 20.1 Å². The number of H-pyrrole nitrogens is 2. The van der Waals surface area contributed by atoms with Gasteiger partial charge in [-0.25, -0.2) is 9.18 Å². The molecule has 0 aliphatic carbocycles. The van der Waals surface area contributed by atoms with Gasteiger partial charge in [0.15, 0.2) is 0 Å². The zero-order valence-electron chi connectivity index (χ0n) is 21.3. The lowest BCUT2D eigenvalue weighted by molar-refractivity contribution is 0.140. The Hall–Kier alpha value is -4.27. The number of carbonyl (C=O) groups excluding carboxylic acids is 1. The first-order valence-corrected chi connectivity index (χ1v) is 13.2. The van der Waals surface area contributed by atoms with E-state index in [1.165, 1.54) is 12.1 Å². The zero-order valence-corrected chi connectivity index (χ0v) is 21.3. The summed E-state index contributed by atoms with van der Waals surface area (Å²) in [6.45, 7) is 3.04. The van der Waals surface area contributed by atoms with E-state index in [1.807, 2.05) is 58.1 Å². The van der Waals surface area contributed by atoms with Crippen molar-refractivity contribution in [3.05, 3.63) is 70.5 Å². The molecule has 2 amide bonds. The Morgan fingerprint density at radius 3 is 2.55 bits per heavy atom. The summed E-state index contributed by atoms with van der Waals surface area (Å²) in [5.41, 5.74) is 5.23. The molecule has 9 heteroatoms. The van der Waals surface area contributed by atoms with Gasteiger partial charge in [-0.05, 0) is 43.0 Å². The number of rotatable bonds is 2. The molecule has 194 valence electrons. The maximum absolute atomic E-state index is 15.1. The van der Waals surface area contributed by atoms with Crippen LogP contribution in [0.2, 0.25) is 0 Å². The fourth-order valence-electron chi connectivity index (χ4n) is 6.31. The molecule has 2 aromatic carbocycles. The van der Waals surface area contributed by atoms with Gasteiger partial charge in [0, 0.05) is 79.6 Å². The molecule has 0 radical (unpaired) electrons. The number of aromatic nitrogens is 4. The number of likely N-dealkylation sites (tertiary alicyclic amines) is 1. The number of aryl methyl sites for hydroxylation is 1. The first kappa shape index (κ1) is 22.9. The molecule has 8 nitrogen and oxygen atoms in total. The second kappa shape index (κ2) is 8.65. The fourth-order valence-corrected chi connectivity index (χ4v) is 6.31. The van der Waals surface area contributed by atoms with Gasteiger partial charge in [0.1, 0.15) is 5.82 Å². The van der Waals surface area contributed by atoms with E-state index in [2.05, 4.69) is 14.8 Å². The van der Waals surface area contributed by atoms with Gasteiger partial charge in [-0.2, -0.15) is 0 Å². The van der Waals surface area contributed by atoms with Crippen LogP contribution in [0.3, 0.4) is 0 Å². The molecule has 7 rings (SSSR count). The number of hydrogen-bond donors (Lipinski definition) is 2. The molecule has 0 spiro atoms. The molecule has 0 unspecified atom stereocenters. The summed E-state index contributed by atoms with van der Waals surface area (Å²) in [7, 11) is 1.96. The van der Waals surface area contributed by atoms with Gasteiger partial charge in [-0.15, -0.1) is 0 Å². The SMILES string of the molecule is Cn1cc(-c2c(-c3cn4c5c(cc(F)cc35)CN(C(=O)N3CCCCC3)CC4)[nH][nH]c2=O)c2ccccc21. The highest BCUT2D eigenvalue weighted by Crippen LogP contribution is 2.39. The standard InChI is InChI=1S/C29H29FN6O2/c1-33-16-22(20-7-3-4-8-24(20)33)25-26(31-32-28(25)37)23-17-35-11-12-36(29(38)34-9-5-2-6-10-34)15-18-13-19(30)14-21(23)27(18)35/h3-4,7-8,13-14,16-17H,2,5-6,9-12,15H2,1H3,(H2,31,32,37). The third-order valence-corrected chi connectivity index (χ3v) is 8.10. The lowest BCUT2D eigenvalue weighted by Crippen LogP contribution is -2.45. The summed E-state index contributed by atoms with van der Waals surface area (Å²) in [5, 5.41) is 7.55. The summed E-state index contributed by atoms with van der Waals surface area (Å²) < 4.78 is 19.2. The van der Waals surface area contributed by atoms with E-state index in [1.54, 1.807) is 0 Å². The first-order valence-electron chi connectivity index (χ1n) is 13.2. The van der Waals surface area contributed by atoms with E-state index >= 15 is 4.39 Å². The third-order valence-electron chi connectivity index (χ3n) is 8.10. The maximum Gasteiger partial charge on any atom is 0.320 e. The number of para-hydroxylation sites is 1. The predicted octanol–water partition coefficient (Wildman–Crippen LogP) is 5.04. The topological polar surface area (TPSA) is 82.1 Å². The van der Waals surface area contributed by atoms with Crippen molar-refractivity contribution in [2.45, 2.75) is 32.4 Å². The predicted molar refractivity (Wildman–Crippen MR) is 145 cm³/mol. The van der Waals surface area contributed by atoms with E-state index < -0.39 is 0 Å². The molecule has 5 aromatic rings. The number of amides is 2. The molecule has 0 saturated carbocycles. The number of halogens is 1. The summed E-state index contributed by atoms with van der Waals surface area (Å²) in [4.78, 5) is 30.2. The van der Waals surface area contributed by atoms with E-state index in [4.69, 9.17) is 0 Å². The lowest BCUT2D eigenvalue weighted by atomic mass is 9.99. The summed E-state index contributed by atoms with van der Waals surface area (Å²) in [6.07, 6.45) is 7.16. The van der Waals surface area contributed by atoms with Crippen molar-refractivity contribution in [3.8, 4) is 22.4 Å². The average Bonchev–Trinajstić information content (AvgIpc) is 3.54. The quantitative estimate of drug-likeness (QED) is 0.347. The van der Waals surface area contributed by atoms with Crippen molar-refractivity contribution in [1.82, 2.24) is 29.1 Å². The van der Waals surface area contributed by atoms with Crippen LogP contribution in [0.15, 0.2) is 53.6 Å². The molecule has 2 N–H and O–H groups in total. The molecule has 2 aliphatic rings. The molecular weight excluding hydrogens is 483 g/mol. The number of urea groups is 1. The first-order chi connectivity index (χ1) is 18.5. The van der Waals surface area contributed by atoms with Gasteiger partial charge in [0.05, 0.1) is 16.8 Å². The number of aromatic amines is 2. The van der Waals surface area contributed by atoms with Crippen molar-refractivity contribution < 1.29 is 9.18 Å². The number of benzene rings is 2. The van der Waals surface area contributed by atoms with E-state index in [9.17, 15) is 9.59 Å². The molecule has 3 aromatic heterocycles. The van der Waals surface area contributed by atoms with Gasteiger partial charge >= 0.3 is 6.03 Å². The number of nitrogens with zero attached hydrogens (tertiary/aromatic N) is 4. The molecule has 2 aliphatic heterocycles. The number of piperidine rings is 1. The zero-order chi connectivity index (χ0) is 26.0. The second-order valence-electron chi connectivity index (χ2n) is 10.4. The normalized spacial score (nSPS) is 15.9. The number of hydrogen-bond acceptors (Lipinski definition) is 2. The molecule has 1 saturated heterocycles. The van der Waals surface area contributed by atoms with Crippen molar-refractivity contribution in [2.24, 2.45) is 7.05 Å². The van der Waals surface area contributed by atoms with Gasteiger partial charge in [0.2, 0.25) is 0 Å². The van der Waals surface area contributed by atoms with Crippen LogP contribution in [0.25, 0.3) is 44.2 Å². The fraction of sp³-hybridized carbons (Fsp3) is 0.310. The second-order valence-corrected chi connectivity index (χ2v) is 10.4. The Balaban J connectivity index is 1.35. The monoisotopic (exact) mass is 512 g/mol. The Labute approximate surface area is 218 Å². The highest BCUT2D eigenvalue weighted by Gasteiger charge is 2.28. The Bertz CT molecular complexity index is 1770. The smallest absolute Gasteiger partial charge is 0.320 e. The van der Waals surface area contributed by atoms with Crippen LogP contribution < -0.4 is 5.56 Å². The van der Waals surface area contributed by atoms with Crippen molar-refractivity contribution in [1.29, 1.82) is 0 Å². The minimum atomic E-state index is -0.358. The molecule has 1 fully saturated rings. The van der Waals surface area contributed by atoms with Crippen LogP contribution in [-0.4, -0.2) is 54.8 Å². The van der Waals surface area contributed by atoms with Crippen molar-refractivity contribution in [2.75, 3.05) is 19.6 Å². The number of nitrogens with one attached hydrogen (secondary N) is 2. The number of carbonyl (C=O) groups is 1. The van der Waals surface area contributed by atoms with Crippen LogP contribution in [0.1, 0.15) is 24.8 Å². The van der Waals surface area contributed by atoms with Crippen LogP contribution in [0.4, 0.5) is 9.18 Å². The van der Waals surface area contributed by atoms with Gasteiger partial charge < -0.3 is 18.9 Å². The Morgan fingerprint density at radius 1 is 0.895 bits per heavy atom. The minimum absolute atomic E-state index is 0.0290. The largest absolute Gasteiger partial charge is 0.350 e. The highest BCUT2D eigenvalue weighted by atomic mass is 19.1. The summed E-state index contributed by atoms with van der Waals surface area (Å²) in [5.74, 6) is -0.358. The Kier molecular flexibility index (Phi) is 5.21. The minimum Gasteiger partial charge on any atom is -0.350 e. The van der Waals surface area contributed by atoms with Crippen molar-refractivity contribution in [3.63, 3.8) is 0 Å². The van der Waals surface area contributed by atoms with Gasteiger partial charge in [-0.3, -0.25) is 15.0 Å². The average molecular weight is 513 g/mol. The molecule has 5 heterocycles. The highest BCUT2D eigenvalue weighted by molar-refractivity contribution is 6.04. The van der Waals surface area contributed by atoms with Gasteiger partial charge in [0.25, 0.3) is 5.56 Å². The lowest BCUT2D eigenvalue weighted by Gasteiger charge is -2.32. The van der Waals surface area contributed by atoms with E-state index in [-0.39, 0.29) is 17.4 Å². The van der Waals surface area contributed by atoms with Crippen molar-refractivity contribution >= 4 is 27.8 Å². The molecule has 38 heavy (non-hydrogen) atoms. The van der Waals surface area contributed by atoms with Crippen LogP contribution in [0.5, 0.6) is 0 Å². The Morgan fingerprint density at radius 2 is 1.71 bits per heavy atom.